The Hall–Kier alpha value is -3.06. The van der Waals surface area contributed by atoms with Crippen LogP contribution in [0.4, 0.5) is 5.69 Å². The highest BCUT2D eigenvalue weighted by molar-refractivity contribution is 7.80. The molecule has 0 N–H and O–H groups in total. The van der Waals surface area contributed by atoms with Crippen LogP contribution in [0.1, 0.15) is 18.1 Å². The number of carbonyl (C=O) groups is 1. The Morgan fingerprint density at radius 1 is 1.00 bits per heavy atom. The summed E-state index contributed by atoms with van der Waals surface area (Å²) in [5.74, 6) is 1.14. The van der Waals surface area contributed by atoms with Gasteiger partial charge in [0, 0.05) is 28.2 Å². The normalized spacial score (nSPS) is 14.8. The molecule has 4 rings (SSSR count). The summed E-state index contributed by atoms with van der Waals surface area (Å²) < 4.78 is 11.5. The van der Waals surface area contributed by atoms with E-state index in [4.69, 9.17) is 44.9 Å². The first-order chi connectivity index (χ1) is 16.4. The average Bonchev–Trinajstić information content (AvgIpc) is 3.03. The number of hydrogen-bond donors (Lipinski definition) is 0. The molecule has 1 aliphatic rings. The zero-order valence-electron chi connectivity index (χ0n) is 18.6. The molecule has 1 saturated heterocycles. The molecule has 0 unspecified atom stereocenters. The van der Waals surface area contributed by atoms with Crippen molar-refractivity contribution in [3.63, 3.8) is 0 Å². The van der Waals surface area contributed by atoms with E-state index in [2.05, 4.69) is 0 Å². The molecule has 1 heterocycles. The second kappa shape index (κ2) is 10.5. The summed E-state index contributed by atoms with van der Waals surface area (Å²) >= 11 is 17.8. The van der Waals surface area contributed by atoms with E-state index >= 15 is 0 Å². The first-order valence-corrected chi connectivity index (χ1v) is 11.8. The minimum Gasteiger partial charge on any atom is -0.494 e. The fourth-order valence-corrected chi connectivity index (χ4v) is 4.26. The van der Waals surface area contributed by atoms with Gasteiger partial charge in [-0.05, 0) is 67.7 Å². The van der Waals surface area contributed by atoms with Crippen molar-refractivity contribution < 1.29 is 14.3 Å². The van der Waals surface area contributed by atoms with Gasteiger partial charge in [0.15, 0.2) is 5.11 Å². The van der Waals surface area contributed by atoms with Crippen molar-refractivity contribution in [2.75, 3.05) is 18.6 Å². The lowest BCUT2D eigenvalue weighted by Crippen LogP contribution is -2.31. The molecule has 5 nitrogen and oxygen atoms in total. The number of benzene rings is 3. The fourth-order valence-electron chi connectivity index (χ4n) is 3.52. The monoisotopic (exact) mass is 512 g/mol. The van der Waals surface area contributed by atoms with Crippen LogP contribution < -0.4 is 14.4 Å². The van der Waals surface area contributed by atoms with Gasteiger partial charge in [-0.2, -0.15) is 0 Å². The van der Waals surface area contributed by atoms with Crippen molar-refractivity contribution >= 4 is 58.2 Å². The van der Waals surface area contributed by atoms with Crippen LogP contribution >= 0.6 is 35.4 Å². The van der Waals surface area contributed by atoms with E-state index in [1.165, 1.54) is 4.90 Å². The molecule has 174 valence electrons. The Labute approximate surface area is 214 Å². The molecule has 34 heavy (non-hydrogen) atoms. The molecule has 0 atom stereocenters. The Kier molecular flexibility index (Phi) is 7.41. The zero-order chi connectivity index (χ0) is 24.2. The zero-order valence-corrected chi connectivity index (χ0v) is 21.0. The molecule has 0 spiro atoms. The SMILES string of the molecule is CCOc1ccc(N2C(=O)/C(=C/c3ccccc3OCc3ccc(Cl)cc3Cl)N(C)C2=S)cc1. The number of rotatable bonds is 7. The van der Waals surface area contributed by atoms with Gasteiger partial charge in [0.2, 0.25) is 0 Å². The molecule has 0 aromatic heterocycles. The topological polar surface area (TPSA) is 42.0 Å². The van der Waals surface area contributed by atoms with Gasteiger partial charge in [-0.1, -0.05) is 47.5 Å². The molecule has 3 aromatic rings. The molecule has 0 aliphatic carbocycles. The maximum atomic E-state index is 13.3. The average molecular weight is 513 g/mol. The van der Waals surface area contributed by atoms with Gasteiger partial charge in [-0.15, -0.1) is 0 Å². The van der Waals surface area contributed by atoms with Crippen molar-refractivity contribution in [2.45, 2.75) is 13.5 Å². The van der Waals surface area contributed by atoms with Crippen molar-refractivity contribution in [3.05, 3.63) is 93.6 Å². The van der Waals surface area contributed by atoms with Gasteiger partial charge in [0.1, 0.15) is 23.8 Å². The fraction of sp³-hybridized carbons (Fsp3) is 0.154. The van der Waals surface area contributed by atoms with E-state index in [9.17, 15) is 4.79 Å². The number of anilines is 1. The standard InChI is InChI=1S/C26H22Cl2N2O3S/c1-3-32-21-12-10-20(11-13-21)30-25(31)23(29(2)26(30)34)14-17-6-4-5-7-24(17)33-16-18-8-9-19(27)15-22(18)28/h4-15H,3,16H2,1-2H3/b23-14-. The van der Waals surface area contributed by atoms with Gasteiger partial charge >= 0.3 is 0 Å². The van der Waals surface area contributed by atoms with Crippen LogP contribution in [-0.4, -0.2) is 29.6 Å². The number of nitrogens with zero attached hydrogens (tertiary/aromatic N) is 2. The molecule has 1 fully saturated rings. The number of halogens is 2. The van der Waals surface area contributed by atoms with Crippen molar-refractivity contribution in [3.8, 4) is 11.5 Å². The van der Waals surface area contributed by atoms with E-state index in [0.717, 1.165) is 16.9 Å². The van der Waals surface area contributed by atoms with Crippen LogP contribution in [0, 0.1) is 0 Å². The number of carbonyl (C=O) groups excluding carboxylic acids is 1. The maximum absolute atomic E-state index is 13.3. The molecule has 0 radical (unpaired) electrons. The lowest BCUT2D eigenvalue weighted by atomic mass is 10.1. The van der Waals surface area contributed by atoms with E-state index in [0.29, 0.717) is 38.9 Å². The van der Waals surface area contributed by atoms with Crippen LogP contribution in [0.2, 0.25) is 10.0 Å². The third kappa shape index (κ3) is 5.04. The summed E-state index contributed by atoms with van der Waals surface area (Å²) in [5.41, 5.74) is 2.68. The molecule has 0 bridgehead atoms. The van der Waals surface area contributed by atoms with Crippen molar-refractivity contribution in [2.24, 2.45) is 0 Å². The number of thiocarbonyl (C=S) groups is 1. The Morgan fingerprint density at radius 3 is 2.44 bits per heavy atom. The summed E-state index contributed by atoms with van der Waals surface area (Å²) in [7, 11) is 1.78. The van der Waals surface area contributed by atoms with Crippen LogP contribution in [0.15, 0.2) is 72.4 Å². The van der Waals surface area contributed by atoms with Crippen molar-refractivity contribution in [1.29, 1.82) is 0 Å². The Bertz CT molecular complexity index is 1260. The molecule has 8 heteroatoms. The molecule has 3 aromatic carbocycles. The molecule has 1 amide bonds. The minimum atomic E-state index is -0.216. The second-order valence-corrected chi connectivity index (χ2v) is 8.71. The lowest BCUT2D eigenvalue weighted by Gasteiger charge is -2.16. The maximum Gasteiger partial charge on any atom is 0.281 e. The third-order valence-corrected chi connectivity index (χ3v) is 6.32. The van der Waals surface area contributed by atoms with Gasteiger partial charge in [-0.3, -0.25) is 9.69 Å². The predicted molar refractivity (Wildman–Crippen MR) is 141 cm³/mol. The van der Waals surface area contributed by atoms with Crippen molar-refractivity contribution in [1.82, 2.24) is 4.90 Å². The first kappa shape index (κ1) is 24.1. The highest BCUT2D eigenvalue weighted by Gasteiger charge is 2.37. The van der Waals surface area contributed by atoms with Crippen LogP contribution in [0.25, 0.3) is 6.08 Å². The Balaban J connectivity index is 1.59. The van der Waals surface area contributed by atoms with Crippen LogP contribution in [0.5, 0.6) is 11.5 Å². The highest BCUT2D eigenvalue weighted by atomic mass is 35.5. The summed E-state index contributed by atoms with van der Waals surface area (Å²) in [6.45, 7) is 2.75. The van der Waals surface area contributed by atoms with E-state index in [1.807, 2.05) is 61.5 Å². The van der Waals surface area contributed by atoms with Crippen LogP contribution in [0.3, 0.4) is 0 Å². The number of ether oxygens (including phenoxy) is 2. The number of para-hydroxylation sites is 1. The number of amides is 1. The summed E-state index contributed by atoms with van der Waals surface area (Å²) in [4.78, 5) is 16.5. The summed E-state index contributed by atoms with van der Waals surface area (Å²) in [5, 5.41) is 1.49. The molecule has 1 aliphatic heterocycles. The predicted octanol–water partition coefficient (Wildman–Crippen LogP) is 6.58. The molecule has 0 saturated carbocycles. The third-order valence-electron chi connectivity index (χ3n) is 5.28. The van der Waals surface area contributed by atoms with Gasteiger partial charge in [0.25, 0.3) is 5.91 Å². The lowest BCUT2D eigenvalue weighted by molar-refractivity contribution is -0.114. The smallest absolute Gasteiger partial charge is 0.281 e. The minimum absolute atomic E-state index is 0.216. The molecular formula is C26H22Cl2N2O3S. The van der Waals surface area contributed by atoms with Gasteiger partial charge in [-0.25, -0.2) is 0 Å². The number of hydrogen-bond acceptors (Lipinski definition) is 4. The van der Waals surface area contributed by atoms with E-state index < -0.39 is 0 Å². The van der Waals surface area contributed by atoms with E-state index in [-0.39, 0.29) is 12.5 Å². The number of likely N-dealkylation sites (N-methyl/N-ethyl adjacent to an activating group) is 1. The van der Waals surface area contributed by atoms with Crippen LogP contribution in [-0.2, 0) is 11.4 Å². The quantitative estimate of drug-likeness (QED) is 0.264. The Morgan fingerprint density at radius 2 is 1.74 bits per heavy atom. The van der Waals surface area contributed by atoms with Gasteiger partial charge < -0.3 is 14.4 Å². The second-order valence-electron chi connectivity index (χ2n) is 7.50. The summed E-state index contributed by atoms with van der Waals surface area (Å²) in [6, 6.07) is 20.0. The van der Waals surface area contributed by atoms with Gasteiger partial charge in [0.05, 0.1) is 12.3 Å². The summed E-state index contributed by atoms with van der Waals surface area (Å²) in [6.07, 6.45) is 1.78. The largest absolute Gasteiger partial charge is 0.494 e. The molecular weight excluding hydrogens is 491 g/mol. The van der Waals surface area contributed by atoms with E-state index in [1.54, 1.807) is 30.2 Å². The first-order valence-electron chi connectivity index (χ1n) is 10.6. The highest BCUT2D eigenvalue weighted by Crippen LogP contribution is 2.31.